The first-order valence-corrected chi connectivity index (χ1v) is 9.02. The topological polar surface area (TPSA) is 64.6 Å². The Hall–Kier alpha value is -2.50. The molecule has 0 fully saturated rings. The summed E-state index contributed by atoms with van der Waals surface area (Å²) in [7, 11) is 0. The van der Waals surface area contributed by atoms with E-state index in [2.05, 4.69) is 5.32 Å². The third kappa shape index (κ3) is 6.62. The normalized spacial score (nSPS) is 11.9. The molecular weight excluding hydrogens is 389 g/mol. The monoisotopic (exact) mass is 407 g/mol. The van der Waals surface area contributed by atoms with Gasteiger partial charge < -0.3 is 14.8 Å². The zero-order chi connectivity index (χ0) is 19.8. The van der Waals surface area contributed by atoms with E-state index in [1.165, 1.54) is 19.1 Å². The van der Waals surface area contributed by atoms with Crippen LogP contribution in [0.25, 0.3) is 6.08 Å². The Labute approximate surface area is 167 Å². The highest BCUT2D eigenvalue weighted by Crippen LogP contribution is 2.23. The van der Waals surface area contributed by atoms with Gasteiger partial charge in [-0.1, -0.05) is 29.3 Å². The van der Waals surface area contributed by atoms with Gasteiger partial charge in [0.05, 0.1) is 16.7 Å². The molecule has 0 aliphatic heterocycles. The van der Waals surface area contributed by atoms with Crippen molar-refractivity contribution in [3.8, 4) is 5.75 Å². The highest BCUT2D eigenvalue weighted by atomic mass is 35.5. The number of hydrogen-bond donors (Lipinski definition) is 1. The van der Waals surface area contributed by atoms with Gasteiger partial charge in [-0.05, 0) is 61.9 Å². The van der Waals surface area contributed by atoms with Crippen LogP contribution in [-0.2, 0) is 14.3 Å². The van der Waals surface area contributed by atoms with Crippen molar-refractivity contribution < 1.29 is 19.1 Å². The maximum absolute atomic E-state index is 12.1. The summed E-state index contributed by atoms with van der Waals surface area (Å²) in [5, 5.41) is 3.49. The highest BCUT2D eigenvalue weighted by Gasteiger charge is 2.16. The van der Waals surface area contributed by atoms with E-state index in [1.54, 1.807) is 42.5 Å². The molecule has 0 bridgehead atoms. The predicted octanol–water partition coefficient (Wildman–Crippen LogP) is 4.98. The molecule has 2 rings (SSSR count). The predicted molar refractivity (Wildman–Crippen MR) is 107 cm³/mol. The van der Waals surface area contributed by atoms with E-state index in [1.807, 2.05) is 6.92 Å². The number of ether oxygens (including phenoxy) is 2. The van der Waals surface area contributed by atoms with Crippen molar-refractivity contribution in [1.82, 2.24) is 0 Å². The average molecular weight is 408 g/mol. The van der Waals surface area contributed by atoms with E-state index < -0.39 is 18.0 Å². The Bertz CT molecular complexity index is 834. The number of hydrogen-bond acceptors (Lipinski definition) is 4. The van der Waals surface area contributed by atoms with Crippen LogP contribution in [0.3, 0.4) is 0 Å². The van der Waals surface area contributed by atoms with Crippen molar-refractivity contribution in [1.29, 1.82) is 0 Å². The average Bonchev–Trinajstić information content (AvgIpc) is 2.64. The molecule has 1 amide bonds. The second kappa shape index (κ2) is 10.00. The summed E-state index contributed by atoms with van der Waals surface area (Å²) in [6.07, 6.45) is 1.80. The fraction of sp³-hybridized carbons (Fsp3) is 0.200. The molecule has 0 unspecified atom stereocenters. The number of nitrogens with one attached hydrogen (secondary N) is 1. The lowest BCUT2D eigenvalue weighted by Gasteiger charge is -2.12. The molecular formula is C20H19Cl2NO4. The Morgan fingerprint density at radius 1 is 1.11 bits per heavy atom. The zero-order valence-corrected chi connectivity index (χ0v) is 16.4. The third-order valence-corrected chi connectivity index (χ3v) is 4.19. The number of carbonyl (C=O) groups excluding carboxylic acids is 2. The van der Waals surface area contributed by atoms with Gasteiger partial charge in [0.2, 0.25) is 0 Å². The fourth-order valence-electron chi connectivity index (χ4n) is 2.09. The highest BCUT2D eigenvalue weighted by molar-refractivity contribution is 6.42. The van der Waals surface area contributed by atoms with Crippen molar-refractivity contribution >= 4 is 46.8 Å². The lowest BCUT2D eigenvalue weighted by Crippen LogP contribution is -2.29. The SMILES string of the molecule is CCOc1ccc(NC(=O)[C@@H](C)OC(=O)/C=C/c2ccc(Cl)c(Cl)c2)cc1. The minimum atomic E-state index is -0.956. The van der Waals surface area contributed by atoms with Crippen LogP contribution in [0.1, 0.15) is 19.4 Å². The second-order valence-corrected chi connectivity index (χ2v) is 6.35. The van der Waals surface area contributed by atoms with Crippen LogP contribution in [0.5, 0.6) is 5.75 Å². The molecule has 0 aliphatic carbocycles. The summed E-state index contributed by atoms with van der Waals surface area (Å²) in [6, 6.07) is 11.9. The number of amides is 1. The van der Waals surface area contributed by atoms with E-state index in [0.29, 0.717) is 33.7 Å². The van der Waals surface area contributed by atoms with Gasteiger partial charge in [0.25, 0.3) is 5.91 Å². The van der Waals surface area contributed by atoms with Gasteiger partial charge in [0.1, 0.15) is 5.75 Å². The fourth-order valence-corrected chi connectivity index (χ4v) is 2.40. The van der Waals surface area contributed by atoms with Crippen LogP contribution in [0.4, 0.5) is 5.69 Å². The van der Waals surface area contributed by atoms with Crippen LogP contribution in [0.15, 0.2) is 48.5 Å². The first kappa shape index (κ1) is 20.8. The summed E-state index contributed by atoms with van der Waals surface area (Å²) < 4.78 is 10.4. The lowest BCUT2D eigenvalue weighted by molar-refractivity contribution is -0.148. The maximum atomic E-state index is 12.1. The van der Waals surface area contributed by atoms with Gasteiger partial charge in [0.15, 0.2) is 6.10 Å². The second-order valence-electron chi connectivity index (χ2n) is 5.53. The number of rotatable bonds is 7. The zero-order valence-electron chi connectivity index (χ0n) is 14.9. The maximum Gasteiger partial charge on any atom is 0.331 e. The number of halogens is 2. The number of anilines is 1. The van der Waals surface area contributed by atoms with Crippen molar-refractivity contribution in [3.63, 3.8) is 0 Å². The van der Waals surface area contributed by atoms with Crippen LogP contribution < -0.4 is 10.1 Å². The van der Waals surface area contributed by atoms with Gasteiger partial charge in [-0.3, -0.25) is 4.79 Å². The van der Waals surface area contributed by atoms with Crippen molar-refractivity contribution in [2.75, 3.05) is 11.9 Å². The number of carbonyl (C=O) groups is 2. The number of esters is 1. The van der Waals surface area contributed by atoms with E-state index in [-0.39, 0.29) is 0 Å². The molecule has 1 atom stereocenters. The Kier molecular flexibility index (Phi) is 7.70. The van der Waals surface area contributed by atoms with Crippen molar-refractivity contribution in [2.45, 2.75) is 20.0 Å². The molecule has 0 saturated carbocycles. The summed E-state index contributed by atoms with van der Waals surface area (Å²) >= 11 is 11.8. The molecule has 5 nitrogen and oxygen atoms in total. The standard InChI is InChI=1S/C20H19Cl2NO4/c1-3-26-16-8-6-15(7-9-16)23-20(25)13(2)27-19(24)11-5-14-4-10-17(21)18(22)12-14/h4-13H,3H2,1-2H3,(H,23,25)/b11-5+/t13-/m1/s1. The van der Waals surface area contributed by atoms with Crippen molar-refractivity contribution in [3.05, 3.63) is 64.1 Å². The minimum absolute atomic E-state index is 0.385. The molecule has 0 saturated heterocycles. The summed E-state index contributed by atoms with van der Waals surface area (Å²) in [6.45, 7) is 3.95. The first-order chi connectivity index (χ1) is 12.9. The Balaban J connectivity index is 1.88. The first-order valence-electron chi connectivity index (χ1n) is 8.26. The van der Waals surface area contributed by atoms with Gasteiger partial charge in [-0.25, -0.2) is 4.79 Å². The molecule has 0 aromatic heterocycles. The van der Waals surface area contributed by atoms with Gasteiger partial charge in [-0.15, -0.1) is 0 Å². The Morgan fingerprint density at radius 3 is 2.44 bits per heavy atom. The molecule has 2 aromatic rings. The molecule has 142 valence electrons. The van der Waals surface area contributed by atoms with E-state index in [9.17, 15) is 9.59 Å². The molecule has 0 radical (unpaired) electrons. The van der Waals surface area contributed by atoms with Gasteiger partial charge in [-0.2, -0.15) is 0 Å². The summed E-state index contributed by atoms with van der Waals surface area (Å²) in [5.41, 5.74) is 1.27. The van der Waals surface area contributed by atoms with Gasteiger partial charge in [0, 0.05) is 11.8 Å². The molecule has 0 heterocycles. The third-order valence-electron chi connectivity index (χ3n) is 3.45. The van der Waals surface area contributed by atoms with E-state index in [4.69, 9.17) is 32.7 Å². The van der Waals surface area contributed by atoms with E-state index >= 15 is 0 Å². The van der Waals surface area contributed by atoms with Crippen LogP contribution in [0.2, 0.25) is 10.0 Å². The van der Waals surface area contributed by atoms with Crippen LogP contribution in [-0.4, -0.2) is 24.6 Å². The van der Waals surface area contributed by atoms with Crippen molar-refractivity contribution in [2.24, 2.45) is 0 Å². The lowest BCUT2D eigenvalue weighted by atomic mass is 10.2. The molecule has 27 heavy (non-hydrogen) atoms. The molecule has 0 aliphatic rings. The molecule has 1 N–H and O–H groups in total. The summed E-state index contributed by atoms with van der Waals surface area (Å²) in [4.78, 5) is 24.0. The molecule has 2 aromatic carbocycles. The van der Waals surface area contributed by atoms with Crippen LogP contribution in [0, 0.1) is 0 Å². The van der Waals surface area contributed by atoms with Crippen LogP contribution >= 0.6 is 23.2 Å². The summed E-state index contributed by atoms with van der Waals surface area (Å²) in [5.74, 6) is -0.367. The molecule has 7 heteroatoms. The molecule has 0 spiro atoms. The quantitative estimate of drug-likeness (QED) is 0.519. The van der Waals surface area contributed by atoms with Gasteiger partial charge >= 0.3 is 5.97 Å². The largest absolute Gasteiger partial charge is 0.494 e. The minimum Gasteiger partial charge on any atom is -0.494 e. The Morgan fingerprint density at radius 2 is 1.81 bits per heavy atom. The number of benzene rings is 2. The van der Waals surface area contributed by atoms with E-state index in [0.717, 1.165) is 0 Å². The smallest absolute Gasteiger partial charge is 0.331 e.